The van der Waals surface area contributed by atoms with E-state index in [-0.39, 0.29) is 22.8 Å². The number of imidazole rings is 1. The second-order valence-corrected chi connectivity index (χ2v) is 8.66. The summed E-state index contributed by atoms with van der Waals surface area (Å²) in [5.41, 5.74) is -0.262. The number of fused-ring (bicyclic) bond motifs is 1. The van der Waals surface area contributed by atoms with Gasteiger partial charge in [-0.05, 0) is 59.6 Å². The first-order chi connectivity index (χ1) is 12.3. The second kappa shape index (κ2) is 6.22. The van der Waals surface area contributed by atoms with E-state index in [1.807, 2.05) is 0 Å². The number of hydrogen-bond donors (Lipinski definition) is 2. The normalized spacial score (nSPS) is 20.0. The van der Waals surface area contributed by atoms with Crippen molar-refractivity contribution in [1.82, 2.24) is 20.0 Å². The molecule has 148 valence electrons. The highest BCUT2D eigenvalue weighted by Gasteiger charge is 2.38. The van der Waals surface area contributed by atoms with Gasteiger partial charge in [-0.2, -0.15) is 13.2 Å². The molecule has 2 aromatic rings. The Bertz CT molecular complexity index is 867. The standard InChI is InChI=1S/C19H25F3N4O/c1-11-15(26-10-12(19(20,21)22)6-7-14(26)23-11)16(27)24-13-8-17(2,3)25-18(4,5)9-13/h6-7,10,13,25H,8-9H2,1-5H3,(H,24,27). The largest absolute Gasteiger partial charge is 0.417 e. The minimum atomic E-state index is -4.48. The van der Waals surface area contributed by atoms with Crippen LogP contribution in [0.4, 0.5) is 13.2 Å². The van der Waals surface area contributed by atoms with E-state index in [9.17, 15) is 18.0 Å². The van der Waals surface area contributed by atoms with Crippen LogP contribution < -0.4 is 10.6 Å². The molecule has 0 aromatic carbocycles. The molecule has 0 aliphatic carbocycles. The van der Waals surface area contributed by atoms with Crippen molar-refractivity contribution in [2.75, 3.05) is 0 Å². The van der Waals surface area contributed by atoms with E-state index in [1.165, 1.54) is 10.5 Å². The fraction of sp³-hybridized carbons (Fsp3) is 0.579. The first kappa shape index (κ1) is 19.7. The molecule has 3 heterocycles. The van der Waals surface area contributed by atoms with E-state index >= 15 is 0 Å². The zero-order valence-electron chi connectivity index (χ0n) is 16.2. The van der Waals surface area contributed by atoms with Gasteiger partial charge in [-0.1, -0.05) is 0 Å². The highest BCUT2D eigenvalue weighted by molar-refractivity contribution is 5.94. The number of nitrogens with zero attached hydrogens (tertiary/aromatic N) is 2. The first-order valence-electron chi connectivity index (χ1n) is 8.94. The zero-order chi connectivity index (χ0) is 20.2. The Morgan fingerprint density at radius 3 is 2.37 bits per heavy atom. The lowest BCUT2D eigenvalue weighted by molar-refractivity contribution is -0.137. The number of pyridine rings is 1. The molecule has 5 nitrogen and oxygen atoms in total. The molecule has 1 aliphatic rings. The van der Waals surface area contributed by atoms with Gasteiger partial charge in [-0.3, -0.25) is 9.20 Å². The summed E-state index contributed by atoms with van der Waals surface area (Å²) in [6.45, 7) is 9.92. The molecule has 1 aliphatic heterocycles. The summed E-state index contributed by atoms with van der Waals surface area (Å²) in [6, 6.07) is 2.17. The number of rotatable bonds is 2. The molecular weight excluding hydrogens is 357 g/mol. The van der Waals surface area contributed by atoms with Crippen molar-refractivity contribution < 1.29 is 18.0 Å². The van der Waals surface area contributed by atoms with Crippen LogP contribution in [0.3, 0.4) is 0 Å². The third kappa shape index (κ3) is 4.10. The maximum Gasteiger partial charge on any atom is 0.417 e. The number of halogens is 3. The van der Waals surface area contributed by atoms with Gasteiger partial charge >= 0.3 is 6.18 Å². The molecule has 0 atom stereocenters. The van der Waals surface area contributed by atoms with Crippen LogP contribution >= 0.6 is 0 Å². The lowest BCUT2D eigenvalue weighted by Crippen LogP contribution is -2.62. The summed E-state index contributed by atoms with van der Waals surface area (Å²) in [6.07, 6.45) is -2.10. The van der Waals surface area contributed by atoms with E-state index in [1.54, 1.807) is 6.92 Å². The van der Waals surface area contributed by atoms with E-state index in [4.69, 9.17) is 0 Å². The summed E-state index contributed by atoms with van der Waals surface area (Å²) in [4.78, 5) is 17.1. The van der Waals surface area contributed by atoms with Crippen LogP contribution in [0.1, 0.15) is 62.3 Å². The lowest BCUT2D eigenvalue weighted by atomic mass is 9.79. The number of amides is 1. The summed E-state index contributed by atoms with van der Waals surface area (Å²) in [5.74, 6) is -0.405. The highest BCUT2D eigenvalue weighted by Crippen LogP contribution is 2.31. The SMILES string of the molecule is Cc1nc2ccc(C(F)(F)F)cn2c1C(=O)NC1CC(C)(C)NC(C)(C)C1. The van der Waals surface area contributed by atoms with Crippen LogP contribution in [0.15, 0.2) is 18.3 Å². The van der Waals surface area contributed by atoms with Gasteiger partial charge in [0.1, 0.15) is 11.3 Å². The van der Waals surface area contributed by atoms with Crippen molar-refractivity contribution in [3.05, 3.63) is 35.3 Å². The number of aryl methyl sites for hydroxylation is 1. The molecule has 2 N–H and O–H groups in total. The molecular formula is C19H25F3N4O. The zero-order valence-corrected chi connectivity index (χ0v) is 16.2. The summed E-state index contributed by atoms with van der Waals surface area (Å²) < 4.78 is 40.4. The topological polar surface area (TPSA) is 58.4 Å². The van der Waals surface area contributed by atoms with Crippen LogP contribution in [0.5, 0.6) is 0 Å². The summed E-state index contributed by atoms with van der Waals surface area (Å²) in [5, 5.41) is 6.54. The molecule has 1 fully saturated rings. The molecule has 0 radical (unpaired) electrons. The Labute approximate surface area is 156 Å². The molecule has 0 saturated carbocycles. The Morgan fingerprint density at radius 2 is 1.81 bits per heavy atom. The van der Waals surface area contributed by atoms with E-state index in [0.29, 0.717) is 11.3 Å². The van der Waals surface area contributed by atoms with Gasteiger partial charge in [0, 0.05) is 23.3 Å². The molecule has 8 heteroatoms. The number of carbonyl (C=O) groups is 1. The van der Waals surface area contributed by atoms with Gasteiger partial charge < -0.3 is 10.6 Å². The maximum absolute atomic E-state index is 13.1. The quantitative estimate of drug-likeness (QED) is 0.833. The minimum Gasteiger partial charge on any atom is -0.348 e. The molecule has 0 spiro atoms. The Kier molecular flexibility index (Phi) is 4.53. The monoisotopic (exact) mass is 382 g/mol. The summed E-state index contributed by atoms with van der Waals surface area (Å²) in [7, 11) is 0. The van der Waals surface area contributed by atoms with Gasteiger partial charge in [-0.15, -0.1) is 0 Å². The molecule has 3 rings (SSSR count). The number of nitrogens with one attached hydrogen (secondary N) is 2. The Balaban J connectivity index is 1.92. The number of aromatic nitrogens is 2. The van der Waals surface area contributed by atoms with Crippen molar-refractivity contribution in [3.63, 3.8) is 0 Å². The molecule has 2 aromatic heterocycles. The number of hydrogen-bond acceptors (Lipinski definition) is 3. The Morgan fingerprint density at radius 1 is 1.22 bits per heavy atom. The predicted molar refractivity (Wildman–Crippen MR) is 96.7 cm³/mol. The van der Waals surface area contributed by atoms with E-state index in [2.05, 4.69) is 43.3 Å². The maximum atomic E-state index is 13.1. The predicted octanol–water partition coefficient (Wildman–Crippen LogP) is 3.70. The van der Waals surface area contributed by atoms with Gasteiger partial charge in [0.15, 0.2) is 0 Å². The highest BCUT2D eigenvalue weighted by atomic mass is 19.4. The average Bonchev–Trinajstić information content (AvgIpc) is 2.77. The van der Waals surface area contributed by atoms with Crippen LogP contribution in [-0.2, 0) is 6.18 Å². The van der Waals surface area contributed by atoms with Crippen molar-refractivity contribution in [3.8, 4) is 0 Å². The molecule has 0 bridgehead atoms. The second-order valence-electron chi connectivity index (χ2n) is 8.66. The van der Waals surface area contributed by atoms with E-state index in [0.717, 1.165) is 25.1 Å². The first-order valence-corrected chi connectivity index (χ1v) is 8.94. The average molecular weight is 382 g/mol. The number of piperidine rings is 1. The van der Waals surface area contributed by atoms with Gasteiger partial charge in [0.25, 0.3) is 5.91 Å². The van der Waals surface area contributed by atoms with Gasteiger partial charge in [0.05, 0.1) is 11.3 Å². The van der Waals surface area contributed by atoms with Crippen molar-refractivity contribution in [2.45, 2.75) is 70.8 Å². The molecule has 0 unspecified atom stereocenters. The minimum absolute atomic E-state index is 0.0838. The third-order valence-corrected chi connectivity index (χ3v) is 4.86. The number of carbonyl (C=O) groups excluding carboxylic acids is 1. The Hall–Kier alpha value is -2.09. The van der Waals surface area contributed by atoms with Crippen LogP contribution in [-0.4, -0.2) is 32.4 Å². The van der Waals surface area contributed by atoms with Crippen LogP contribution in [0, 0.1) is 6.92 Å². The fourth-order valence-electron chi connectivity index (χ4n) is 4.28. The van der Waals surface area contributed by atoms with Crippen molar-refractivity contribution >= 4 is 11.6 Å². The fourth-order valence-corrected chi connectivity index (χ4v) is 4.28. The lowest BCUT2D eigenvalue weighted by Gasteiger charge is -2.46. The van der Waals surface area contributed by atoms with Crippen LogP contribution in [0.2, 0.25) is 0 Å². The van der Waals surface area contributed by atoms with E-state index < -0.39 is 17.6 Å². The van der Waals surface area contributed by atoms with Crippen LogP contribution in [0.25, 0.3) is 5.65 Å². The van der Waals surface area contributed by atoms with Crippen molar-refractivity contribution in [1.29, 1.82) is 0 Å². The number of alkyl halides is 3. The molecule has 1 saturated heterocycles. The summed E-state index contributed by atoms with van der Waals surface area (Å²) >= 11 is 0. The van der Waals surface area contributed by atoms with Gasteiger partial charge in [0.2, 0.25) is 0 Å². The molecule has 27 heavy (non-hydrogen) atoms. The van der Waals surface area contributed by atoms with Gasteiger partial charge in [-0.25, -0.2) is 4.98 Å². The third-order valence-electron chi connectivity index (χ3n) is 4.86. The van der Waals surface area contributed by atoms with Crippen molar-refractivity contribution in [2.24, 2.45) is 0 Å². The smallest absolute Gasteiger partial charge is 0.348 e. The molecule has 1 amide bonds.